The van der Waals surface area contributed by atoms with Crippen molar-refractivity contribution < 1.29 is 32.2 Å². The Bertz CT molecular complexity index is 1690. The molecule has 0 aliphatic heterocycles. The van der Waals surface area contributed by atoms with Gasteiger partial charge in [-0.25, -0.2) is 14.8 Å². The highest BCUT2D eigenvalue weighted by Crippen LogP contribution is 2.37. The number of aromatic nitrogens is 3. The molecule has 0 aliphatic carbocycles. The number of pyridine rings is 1. The molecule has 2 amide bonds. The molecule has 0 bridgehead atoms. The van der Waals surface area contributed by atoms with Gasteiger partial charge in [0, 0.05) is 17.4 Å². The number of alkyl halides is 3. The monoisotopic (exact) mass is 606 g/mol. The van der Waals surface area contributed by atoms with Crippen molar-refractivity contribution in [3.05, 3.63) is 83.4 Å². The Hall–Kier alpha value is -5.38. The maximum absolute atomic E-state index is 13.6. The molecule has 4 aromatic rings. The molecule has 0 saturated carbocycles. The molecule has 0 spiro atoms. The van der Waals surface area contributed by atoms with Gasteiger partial charge in [-0.1, -0.05) is 12.1 Å². The van der Waals surface area contributed by atoms with Crippen molar-refractivity contribution >= 4 is 17.4 Å². The number of benzene rings is 2. The van der Waals surface area contributed by atoms with Crippen LogP contribution >= 0.6 is 0 Å². The molecule has 0 saturated heterocycles. The fraction of sp³-hybridized carbons (Fsp3) is 0.258. The topological polar surface area (TPSA) is 131 Å². The number of nitrogens with zero attached hydrogens (tertiary/aromatic N) is 4. The van der Waals surface area contributed by atoms with E-state index < -0.39 is 23.7 Å². The molecule has 1 unspecified atom stereocenters. The number of carbonyl (C=O) groups is 1. The molecule has 2 heterocycles. The van der Waals surface area contributed by atoms with Crippen LogP contribution in [0, 0.1) is 18.3 Å². The first-order chi connectivity index (χ1) is 21.0. The fourth-order valence-electron chi connectivity index (χ4n) is 4.21. The number of hydrogen-bond acceptors (Lipinski definition) is 8. The van der Waals surface area contributed by atoms with E-state index in [2.05, 4.69) is 25.6 Å². The minimum atomic E-state index is -4.70. The average molecular weight is 607 g/mol. The maximum atomic E-state index is 13.6. The highest BCUT2D eigenvalue weighted by atomic mass is 19.4. The number of anilines is 2. The smallest absolute Gasteiger partial charge is 0.416 e. The Kier molecular flexibility index (Phi) is 9.85. The van der Waals surface area contributed by atoms with Gasteiger partial charge in [0.1, 0.15) is 12.4 Å². The zero-order chi connectivity index (χ0) is 31.9. The third-order valence-corrected chi connectivity index (χ3v) is 6.41. The van der Waals surface area contributed by atoms with Crippen LogP contribution in [0.5, 0.6) is 17.2 Å². The molecule has 0 radical (unpaired) electrons. The Morgan fingerprint density at radius 3 is 2.52 bits per heavy atom. The minimum Gasteiger partial charge on any atom is -0.493 e. The van der Waals surface area contributed by atoms with Gasteiger partial charge >= 0.3 is 12.2 Å². The van der Waals surface area contributed by atoms with Crippen molar-refractivity contribution in [1.29, 1.82) is 5.26 Å². The van der Waals surface area contributed by atoms with E-state index in [-0.39, 0.29) is 23.5 Å². The second-order valence-corrected chi connectivity index (χ2v) is 9.54. The van der Waals surface area contributed by atoms with E-state index in [0.717, 1.165) is 11.6 Å². The maximum Gasteiger partial charge on any atom is 0.416 e. The minimum absolute atomic E-state index is 0.0921. The first-order valence-corrected chi connectivity index (χ1v) is 13.4. The number of aryl methyl sites for hydroxylation is 1. The SMILES string of the molecule is CCOc1cc(COc2cncc(-c3ncc(NC(=O)Nc4ccc(C(C)C#N)c(C(F)(F)F)c4)c(C)n3)c2)ccc1OC. The van der Waals surface area contributed by atoms with Gasteiger partial charge in [-0.2, -0.15) is 18.4 Å². The second-order valence-electron chi connectivity index (χ2n) is 9.54. The number of hydrogen-bond donors (Lipinski definition) is 2. The van der Waals surface area contributed by atoms with Crippen LogP contribution in [-0.2, 0) is 12.8 Å². The number of urea groups is 1. The molecule has 2 aromatic carbocycles. The summed E-state index contributed by atoms with van der Waals surface area (Å²) in [6.07, 6.45) is -0.191. The lowest BCUT2D eigenvalue weighted by atomic mass is 9.96. The summed E-state index contributed by atoms with van der Waals surface area (Å²) in [6, 6.07) is 11.5. The van der Waals surface area contributed by atoms with Gasteiger partial charge in [0.05, 0.1) is 55.0 Å². The summed E-state index contributed by atoms with van der Waals surface area (Å²) in [5.41, 5.74) is 0.832. The first kappa shape index (κ1) is 31.6. The van der Waals surface area contributed by atoms with Crippen molar-refractivity contribution in [2.45, 2.75) is 39.5 Å². The van der Waals surface area contributed by atoms with E-state index >= 15 is 0 Å². The summed E-state index contributed by atoms with van der Waals surface area (Å²) in [7, 11) is 1.57. The Balaban J connectivity index is 1.43. The highest BCUT2D eigenvalue weighted by molar-refractivity contribution is 6.00. The number of rotatable bonds is 10. The molecule has 1 atom stereocenters. The largest absolute Gasteiger partial charge is 0.493 e. The molecule has 2 N–H and O–H groups in total. The summed E-state index contributed by atoms with van der Waals surface area (Å²) in [6.45, 7) is 5.64. The molecule has 0 aliphatic rings. The average Bonchev–Trinajstić information content (AvgIpc) is 3.00. The van der Waals surface area contributed by atoms with Gasteiger partial charge in [0.2, 0.25) is 0 Å². The summed E-state index contributed by atoms with van der Waals surface area (Å²) < 4.78 is 57.6. The molecule has 2 aromatic heterocycles. The molecule has 44 heavy (non-hydrogen) atoms. The lowest BCUT2D eigenvalue weighted by Crippen LogP contribution is -2.21. The first-order valence-electron chi connectivity index (χ1n) is 13.4. The third kappa shape index (κ3) is 7.71. The van der Waals surface area contributed by atoms with Gasteiger partial charge < -0.3 is 24.8 Å². The van der Waals surface area contributed by atoms with Crippen LogP contribution in [-0.4, -0.2) is 34.7 Å². The number of ether oxygens (including phenoxy) is 3. The number of amides is 2. The van der Waals surface area contributed by atoms with Gasteiger partial charge in [-0.05, 0) is 62.2 Å². The predicted octanol–water partition coefficient (Wildman–Crippen LogP) is 7.12. The van der Waals surface area contributed by atoms with Crippen molar-refractivity contribution in [3.8, 4) is 34.7 Å². The number of methoxy groups -OCH3 is 1. The van der Waals surface area contributed by atoms with Crippen molar-refractivity contribution in [3.63, 3.8) is 0 Å². The Morgan fingerprint density at radius 2 is 1.84 bits per heavy atom. The summed E-state index contributed by atoms with van der Waals surface area (Å²) in [5.74, 6) is 1.07. The zero-order valence-electron chi connectivity index (χ0n) is 24.3. The van der Waals surface area contributed by atoms with Gasteiger partial charge in [0.25, 0.3) is 0 Å². The van der Waals surface area contributed by atoms with Crippen LogP contribution in [0.3, 0.4) is 0 Å². The van der Waals surface area contributed by atoms with E-state index in [0.29, 0.717) is 40.9 Å². The fourth-order valence-corrected chi connectivity index (χ4v) is 4.21. The number of nitrogens with one attached hydrogen (secondary N) is 2. The van der Waals surface area contributed by atoms with Crippen LogP contribution in [0.1, 0.15) is 42.1 Å². The van der Waals surface area contributed by atoms with Gasteiger partial charge in [-0.3, -0.25) is 4.98 Å². The number of carbonyl (C=O) groups excluding carboxylic acids is 1. The molecule has 0 fully saturated rings. The van der Waals surface area contributed by atoms with Gasteiger partial charge in [-0.15, -0.1) is 0 Å². The Labute approximate surface area is 251 Å². The number of halogens is 3. The van der Waals surface area contributed by atoms with Crippen LogP contribution in [0.15, 0.2) is 61.1 Å². The lowest BCUT2D eigenvalue weighted by molar-refractivity contribution is -0.138. The molecule has 4 rings (SSSR count). The molecule has 13 heteroatoms. The lowest BCUT2D eigenvalue weighted by Gasteiger charge is -2.16. The van der Waals surface area contributed by atoms with Crippen LogP contribution in [0.4, 0.5) is 29.3 Å². The summed E-state index contributed by atoms with van der Waals surface area (Å²) >= 11 is 0. The number of nitriles is 1. The van der Waals surface area contributed by atoms with Crippen LogP contribution < -0.4 is 24.8 Å². The Morgan fingerprint density at radius 1 is 1.05 bits per heavy atom. The van der Waals surface area contributed by atoms with Crippen molar-refractivity contribution in [2.24, 2.45) is 0 Å². The van der Waals surface area contributed by atoms with E-state index in [9.17, 15) is 18.0 Å². The highest BCUT2D eigenvalue weighted by Gasteiger charge is 2.35. The predicted molar refractivity (Wildman–Crippen MR) is 157 cm³/mol. The second kappa shape index (κ2) is 13.7. The van der Waals surface area contributed by atoms with Crippen LogP contribution in [0.2, 0.25) is 0 Å². The van der Waals surface area contributed by atoms with E-state index in [1.54, 1.807) is 44.6 Å². The van der Waals surface area contributed by atoms with E-state index in [1.165, 1.54) is 25.3 Å². The molecular weight excluding hydrogens is 577 g/mol. The third-order valence-electron chi connectivity index (χ3n) is 6.41. The summed E-state index contributed by atoms with van der Waals surface area (Å²) in [5, 5.41) is 14.0. The molecular formula is C31H29F3N6O4. The molecule has 10 nitrogen and oxygen atoms in total. The van der Waals surface area contributed by atoms with E-state index in [1.807, 2.05) is 19.1 Å². The quantitative estimate of drug-likeness (QED) is 0.195. The van der Waals surface area contributed by atoms with Crippen molar-refractivity contribution in [2.75, 3.05) is 24.4 Å². The van der Waals surface area contributed by atoms with Crippen molar-refractivity contribution in [1.82, 2.24) is 15.0 Å². The van der Waals surface area contributed by atoms with Crippen LogP contribution in [0.25, 0.3) is 11.4 Å². The summed E-state index contributed by atoms with van der Waals surface area (Å²) in [4.78, 5) is 25.6. The van der Waals surface area contributed by atoms with Gasteiger partial charge in [0.15, 0.2) is 17.3 Å². The van der Waals surface area contributed by atoms with E-state index in [4.69, 9.17) is 19.5 Å². The standard InChI is InChI=1S/C31H29F3N6O4/c1-5-43-28-10-20(6-9-27(28)42-4)17-44-23-11-21(14-36-15-23)29-37-16-26(19(3)38-29)40-30(41)39-22-7-8-24(18(2)13-35)25(12-22)31(32,33)34/h6-12,14-16,18H,5,17H2,1-4H3,(H2,39,40,41). The normalized spacial score (nSPS) is 11.7. The zero-order valence-corrected chi connectivity index (χ0v) is 24.3. The molecule has 228 valence electrons.